The summed E-state index contributed by atoms with van der Waals surface area (Å²) >= 11 is 1.60. The third kappa shape index (κ3) is 2.50. The van der Waals surface area contributed by atoms with Crippen molar-refractivity contribution in [3.8, 4) is 0 Å². The number of anilines is 1. The molecule has 0 saturated carbocycles. The average Bonchev–Trinajstić information content (AvgIpc) is 2.91. The molecule has 2 heterocycles. The summed E-state index contributed by atoms with van der Waals surface area (Å²) in [6, 6.07) is 1.76. The van der Waals surface area contributed by atoms with Crippen LogP contribution in [0, 0.1) is 19.8 Å². The summed E-state index contributed by atoms with van der Waals surface area (Å²) in [5.74, 6) is 1.97. The molecule has 4 nitrogen and oxygen atoms in total. The van der Waals surface area contributed by atoms with Crippen molar-refractivity contribution in [2.75, 3.05) is 5.32 Å². The molecule has 0 spiro atoms. The van der Waals surface area contributed by atoms with Gasteiger partial charge in [0, 0.05) is 4.88 Å². The van der Waals surface area contributed by atoms with Crippen molar-refractivity contribution in [1.29, 1.82) is 0 Å². The summed E-state index contributed by atoms with van der Waals surface area (Å²) in [7, 11) is 0. The fraction of sp³-hybridized carbons (Fsp3) is 0.467. The van der Waals surface area contributed by atoms with Gasteiger partial charge in [-0.3, -0.25) is 10.1 Å². The Labute approximate surface area is 122 Å². The summed E-state index contributed by atoms with van der Waals surface area (Å²) in [6.45, 7) is 5.91. The van der Waals surface area contributed by atoms with Gasteiger partial charge in [-0.2, -0.15) is 0 Å². The van der Waals surface area contributed by atoms with Gasteiger partial charge in [0.2, 0.25) is 0 Å². The van der Waals surface area contributed by atoms with Crippen molar-refractivity contribution in [2.24, 2.45) is 5.92 Å². The first kappa shape index (κ1) is 13.4. The Morgan fingerprint density at radius 1 is 1.50 bits per heavy atom. The van der Waals surface area contributed by atoms with Crippen LogP contribution < -0.4 is 5.32 Å². The Balaban J connectivity index is 1.78. The fourth-order valence-electron chi connectivity index (χ4n) is 2.61. The molecule has 106 valence electrons. The molecule has 1 atom stereocenters. The van der Waals surface area contributed by atoms with E-state index in [0.717, 1.165) is 24.3 Å². The van der Waals surface area contributed by atoms with Crippen molar-refractivity contribution in [3.63, 3.8) is 0 Å². The molecular formula is C15H18N2O2S. The number of aromatic nitrogens is 1. The zero-order chi connectivity index (χ0) is 14.3. The normalized spacial score (nSPS) is 17.9. The van der Waals surface area contributed by atoms with E-state index in [1.54, 1.807) is 24.3 Å². The third-order valence-corrected chi connectivity index (χ3v) is 4.73. The molecule has 0 aliphatic heterocycles. The Morgan fingerprint density at radius 3 is 3.00 bits per heavy atom. The third-order valence-electron chi connectivity index (χ3n) is 3.69. The summed E-state index contributed by atoms with van der Waals surface area (Å²) in [5, 5.41) is 3.59. The van der Waals surface area contributed by atoms with Gasteiger partial charge < -0.3 is 4.42 Å². The van der Waals surface area contributed by atoms with Crippen LogP contribution in [-0.2, 0) is 12.8 Å². The lowest BCUT2D eigenvalue weighted by molar-refractivity contribution is 0.102. The molecule has 5 heteroatoms. The first-order valence-electron chi connectivity index (χ1n) is 6.90. The minimum Gasteiger partial charge on any atom is -0.466 e. The van der Waals surface area contributed by atoms with E-state index in [4.69, 9.17) is 4.42 Å². The van der Waals surface area contributed by atoms with Crippen LogP contribution in [0.5, 0.6) is 0 Å². The predicted octanol–water partition coefficient (Wildman–Crippen LogP) is 3.73. The standard InChI is InChI=1S/C15H18N2O2S/c1-8-4-5-12-13(6-8)20-15(16-12)17-14(18)11-7-9(2)19-10(11)3/h7-8H,4-6H2,1-3H3,(H,16,17,18)/t8-/m1/s1. The number of aryl methyl sites for hydroxylation is 3. The molecule has 0 bridgehead atoms. The molecule has 2 aromatic heterocycles. The number of fused-ring (bicyclic) bond motifs is 1. The summed E-state index contributed by atoms with van der Waals surface area (Å²) in [6.07, 6.45) is 3.28. The Kier molecular flexibility index (Phi) is 3.38. The number of nitrogens with one attached hydrogen (secondary N) is 1. The van der Waals surface area contributed by atoms with Crippen LogP contribution in [0.1, 0.15) is 45.8 Å². The number of carbonyl (C=O) groups is 1. The minimum absolute atomic E-state index is 0.140. The van der Waals surface area contributed by atoms with E-state index in [2.05, 4.69) is 17.2 Å². The maximum Gasteiger partial charge on any atom is 0.260 e. The van der Waals surface area contributed by atoms with Crippen molar-refractivity contribution < 1.29 is 9.21 Å². The molecule has 0 radical (unpaired) electrons. The van der Waals surface area contributed by atoms with Crippen LogP contribution in [-0.4, -0.2) is 10.9 Å². The van der Waals surface area contributed by atoms with Gasteiger partial charge in [0.15, 0.2) is 5.13 Å². The van der Waals surface area contributed by atoms with Gasteiger partial charge in [-0.1, -0.05) is 6.92 Å². The number of rotatable bonds is 2. The molecule has 3 rings (SSSR count). The quantitative estimate of drug-likeness (QED) is 0.917. The first-order valence-corrected chi connectivity index (χ1v) is 7.71. The van der Waals surface area contributed by atoms with Gasteiger partial charge in [-0.25, -0.2) is 4.98 Å². The topological polar surface area (TPSA) is 55.1 Å². The number of furan rings is 1. The lowest BCUT2D eigenvalue weighted by Crippen LogP contribution is -2.12. The van der Waals surface area contributed by atoms with Gasteiger partial charge >= 0.3 is 0 Å². The highest BCUT2D eigenvalue weighted by atomic mass is 32.1. The Hall–Kier alpha value is -1.62. The monoisotopic (exact) mass is 290 g/mol. The van der Waals surface area contributed by atoms with E-state index in [0.29, 0.717) is 22.4 Å². The van der Waals surface area contributed by atoms with Gasteiger partial charge in [0.05, 0.1) is 11.3 Å². The molecule has 1 aliphatic carbocycles. The zero-order valence-corrected chi connectivity index (χ0v) is 12.8. The number of carbonyl (C=O) groups excluding carboxylic acids is 1. The molecular weight excluding hydrogens is 272 g/mol. The molecule has 0 saturated heterocycles. The van der Waals surface area contributed by atoms with Gasteiger partial charge in [-0.15, -0.1) is 11.3 Å². The highest BCUT2D eigenvalue weighted by Crippen LogP contribution is 2.32. The van der Waals surface area contributed by atoms with E-state index in [1.807, 2.05) is 6.92 Å². The molecule has 1 N–H and O–H groups in total. The van der Waals surface area contributed by atoms with E-state index in [1.165, 1.54) is 11.3 Å². The maximum absolute atomic E-state index is 12.2. The largest absolute Gasteiger partial charge is 0.466 e. The van der Waals surface area contributed by atoms with Crippen molar-refractivity contribution in [2.45, 2.75) is 40.0 Å². The highest BCUT2D eigenvalue weighted by Gasteiger charge is 2.21. The molecule has 0 unspecified atom stereocenters. The number of hydrogen-bond donors (Lipinski definition) is 1. The van der Waals surface area contributed by atoms with Crippen LogP contribution in [0.3, 0.4) is 0 Å². The molecule has 1 amide bonds. The van der Waals surface area contributed by atoms with Crippen LogP contribution in [0.2, 0.25) is 0 Å². The second-order valence-electron chi connectivity index (χ2n) is 5.52. The minimum atomic E-state index is -0.140. The van der Waals surface area contributed by atoms with Crippen molar-refractivity contribution in [3.05, 3.63) is 33.7 Å². The highest BCUT2D eigenvalue weighted by molar-refractivity contribution is 7.15. The lowest BCUT2D eigenvalue weighted by atomic mass is 9.93. The second-order valence-corrected chi connectivity index (χ2v) is 6.60. The Bertz CT molecular complexity index is 657. The number of nitrogens with zero attached hydrogens (tertiary/aromatic N) is 1. The van der Waals surface area contributed by atoms with Crippen LogP contribution in [0.15, 0.2) is 10.5 Å². The van der Waals surface area contributed by atoms with E-state index in [9.17, 15) is 4.79 Å². The smallest absolute Gasteiger partial charge is 0.260 e. The first-order chi connectivity index (χ1) is 9.52. The predicted molar refractivity (Wildman–Crippen MR) is 79.4 cm³/mol. The maximum atomic E-state index is 12.2. The molecule has 0 aromatic carbocycles. The molecule has 20 heavy (non-hydrogen) atoms. The van der Waals surface area contributed by atoms with Crippen LogP contribution >= 0.6 is 11.3 Å². The SMILES string of the molecule is Cc1cc(C(=O)Nc2nc3c(s2)C[C@H](C)CC3)c(C)o1. The van der Waals surface area contributed by atoms with E-state index < -0.39 is 0 Å². The van der Waals surface area contributed by atoms with Gasteiger partial charge in [0.1, 0.15) is 11.5 Å². The van der Waals surface area contributed by atoms with Crippen molar-refractivity contribution >= 4 is 22.4 Å². The molecule has 0 fully saturated rings. The summed E-state index contributed by atoms with van der Waals surface area (Å²) in [5.41, 5.74) is 1.74. The fourth-order valence-corrected chi connectivity index (χ4v) is 3.78. The number of hydrogen-bond acceptors (Lipinski definition) is 4. The van der Waals surface area contributed by atoms with E-state index in [-0.39, 0.29) is 5.91 Å². The van der Waals surface area contributed by atoms with Crippen LogP contribution in [0.25, 0.3) is 0 Å². The average molecular weight is 290 g/mol. The Morgan fingerprint density at radius 2 is 2.30 bits per heavy atom. The molecule has 1 aliphatic rings. The molecule has 2 aromatic rings. The summed E-state index contributed by atoms with van der Waals surface area (Å²) in [4.78, 5) is 18.1. The number of amides is 1. The second kappa shape index (κ2) is 5.05. The van der Waals surface area contributed by atoms with E-state index >= 15 is 0 Å². The number of thiazole rings is 1. The van der Waals surface area contributed by atoms with Crippen molar-refractivity contribution in [1.82, 2.24) is 4.98 Å². The van der Waals surface area contributed by atoms with Crippen LogP contribution in [0.4, 0.5) is 5.13 Å². The lowest BCUT2D eigenvalue weighted by Gasteiger charge is -2.15. The van der Waals surface area contributed by atoms with Gasteiger partial charge in [-0.05, 0) is 45.1 Å². The van der Waals surface area contributed by atoms with Gasteiger partial charge in [0.25, 0.3) is 5.91 Å². The summed E-state index contributed by atoms with van der Waals surface area (Å²) < 4.78 is 5.39. The zero-order valence-electron chi connectivity index (χ0n) is 11.9.